The first-order valence-electron chi connectivity index (χ1n) is 8.40. The van der Waals surface area contributed by atoms with Gasteiger partial charge in [0.1, 0.15) is 5.75 Å². The van der Waals surface area contributed by atoms with Crippen molar-refractivity contribution in [3.63, 3.8) is 0 Å². The smallest absolute Gasteiger partial charge is 0.387 e. The highest BCUT2D eigenvalue weighted by molar-refractivity contribution is 7.93. The van der Waals surface area contributed by atoms with Crippen molar-refractivity contribution in [3.05, 3.63) is 49.8 Å². The number of aryl methyl sites for hydroxylation is 3. The van der Waals surface area contributed by atoms with E-state index in [0.717, 1.165) is 21.1 Å². The van der Waals surface area contributed by atoms with Gasteiger partial charge in [-0.2, -0.15) is 8.78 Å². The van der Waals surface area contributed by atoms with Crippen LogP contribution >= 0.6 is 11.3 Å². The number of hydrogen-bond acceptors (Lipinski definition) is 5. The molecule has 3 rings (SSSR count). The number of nitrogens with zero attached hydrogens (tertiary/aromatic N) is 1. The van der Waals surface area contributed by atoms with E-state index in [1.807, 2.05) is 13.8 Å². The van der Waals surface area contributed by atoms with Gasteiger partial charge in [0.15, 0.2) is 0 Å². The molecule has 0 unspecified atom stereocenters. The summed E-state index contributed by atoms with van der Waals surface area (Å²) in [7, 11) is -3.67. The van der Waals surface area contributed by atoms with Crippen molar-refractivity contribution in [3.8, 4) is 5.75 Å². The molecule has 2 aromatic rings. The summed E-state index contributed by atoms with van der Waals surface area (Å²) in [5, 5.41) is 0.890. The van der Waals surface area contributed by atoms with Crippen LogP contribution in [0.4, 0.5) is 8.78 Å². The van der Waals surface area contributed by atoms with Crippen molar-refractivity contribution in [2.45, 2.75) is 46.3 Å². The average Bonchev–Trinajstić information content (AvgIpc) is 2.92. The zero-order valence-electron chi connectivity index (χ0n) is 15.1. The van der Waals surface area contributed by atoms with Crippen LogP contribution in [0.2, 0.25) is 0 Å². The fourth-order valence-corrected chi connectivity index (χ4v) is 5.53. The molecule has 5 nitrogen and oxygen atoms in total. The van der Waals surface area contributed by atoms with E-state index >= 15 is 0 Å². The first kappa shape index (κ1) is 19.9. The second-order valence-corrected chi connectivity index (χ2v) is 9.38. The van der Waals surface area contributed by atoms with Gasteiger partial charge < -0.3 is 4.74 Å². The third kappa shape index (κ3) is 4.53. The molecule has 9 heteroatoms. The molecule has 0 spiro atoms. The number of sulfonamides is 1. The number of alkyl halides is 2. The number of ether oxygens (including phenoxy) is 1. The SMILES string of the molecule is Cc1nc(C)c([C@H](C)NS(=O)(=O)C2=Cc3ccc(OC(F)F)cc3CC2)s1. The topological polar surface area (TPSA) is 68.3 Å². The summed E-state index contributed by atoms with van der Waals surface area (Å²) in [6, 6.07) is 4.16. The lowest BCUT2D eigenvalue weighted by molar-refractivity contribution is -0.0498. The van der Waals surface area contributed by atoms with Crippen LogP contribution in [0.1, 0.15) is 46.1 Å². The Morgan fingerprint density at radius 3 is 2.63 bits per heavy atom. The van der Waals surface area contributed by atoms with Gasteiger partial charge in [0, 0.05) is 4.88 Å². The molecule has 27 heavy (non-hydrogen) atoms. The quantitative estimate of drug-likeness (QED) is 0.764. The van der Waals surface area contributed by atoms with Gasteiger partial charge >= 0.3 is 6.61 Å². The van der Waals surface area contributed by atoms with Crippen LogP contribution in [0.5, 0.6) is 5.75 Å². The second kappa shape index (κ2) is 7.65. The van der Waals surface area contributed by atoms with Crippen molar-refractivity contribution in [1.82, 2.24) is 9.71 Å². The minimum absolute atomic E-state index is 0.0752. The molecule has 1 heterocycles. The van der Waals surface area contributed by atoms with Crippen LogP contribution < -0.4 is 9.46 Å². The Labute approximate surface area is 161 Å². The van der Waals surface area contributed by atoms with Gasteiger partial charge in [0.05, 0.1) is 21.6 Å². The molecule has 1 aromatic heterocycles. The number of thiazole rings is 1. The van der Waals surface area contributed by atoms with Crippen molar-refractivity contribution >= 4 is 27.4 Å². The molecule has 1 atom stereocenters. The Morgan fingerprint density at radius 2 is 2.00 bits per heavy atom. The van der Waals surface area contributed by atoms with E-state index in [1.54, 1.807) is 19.1 Å². The van der Waals surface area contributed by atoms with E-state index in [4.69, 9.17) is 0 Å². The van der Waals surface area contributed by atoms with E-state index in [0.29, 0.717) is 18.4 Å². The van der Waals surface area contributed by atoms with E-state index < -0.39 is 16.6 Å². The van der Waals surface area contributed by atoms with Gasteiger partial charge in [-0.05, 0) is 62.9 Å². The van der Waals surface area contributed by atoms with Gasteiger partial charge in [0.2, 0.25) is 10.0 Å². The number of aromatic nitrogens is 1. The maximum atomic E-state index is 12.8. The van der Waals surface area contributed by atoms with Crippen molar-refractivity contribution in [2.24, 2.45) is 0 Å². The number of halogens is 2. The van der Waals surface area contributed by atoms with Gasteiger partial charge in [0.25, 0.3) is 0 Å². The number of rotatable bonds is 6. The van der Waals surface area contributed by atoms with Gasteiger partial charge in [-0.15, -0.1) is 11.3 Å². The molecule has 1 aliphatic rings. The van der Waals surface area contributed by atoms with E-state index in [-0.39, 0.29) is 16.7 Å². The maximum Gasteiger partial charge on any atom is 0.387 e. The molecule has 0 radical (unpaired) electrons. The molecular formula is C18H20F2N2O3S2. The predicted molar refractivity (Wildman–Crippen MR) is 101 cm³/mol. The Bertz CT molecular complexity index is 984. The molecule has 0 saturated carbocycles. The van der Waals surface area contributed by atoms with E-state index in [1.165, 1.54) is 23.5 Å². The molecule has 146 valence electrons. The lowest BCUT2D eigenvalue weighted by Gasteiger charge is -2.20. The van der Waals surface area contributed by atoms with Crippen molar-refractivity contribution in [1.29, 1.82) is 0 Å². The van der Waals surface area contributed by atoms with Crippen LogP contribution in [-0.4, -0.2) is 20.0 Å². The van der Waals surface area contributed by atoms with Crippen LogP contribution in [0.3, 0.4) is 0 Å². The Kier molecular flexibility index (Phi) is 5.64. The lowest BCUT2D eigenvalue weighted by Crippen LogP contribution is -2.28. The van der Waals surface area contributed by atoms with Crippen LogP contribution in [0.15, 0.2) is 23.1 Å². The second-order valence-electron chi connectivity index (χ2n) is 6.38. The monoisotopic (exact) mass is 414 g/mol. The van der Waals surface area contributed by atoms with Gasteiger partial charge in [-0.25, -0.2) is 18.1 Å². The fraction of sp³-hybridized carbons (Fsp3) is 0.389. The van der Waals surface area contributed by atoms with Crippen LogP contribution in [-0.2, 0) is 16.4 Å². The lowest BCUT2D eigenvalue weighted by atomic mass is 9.97. The molecule has 1 aliphatic carbocycles. The molecule has 0 bridgehead atoms. The minimum Gasteiger partial charge on any atom is -0.435 e. The maximum absolute atomic E-state index is 12.8. The highest BCUT2D eigenvalue weighted by atomic mass is 32.2. The van der Waals surface area contributed by atoms with Gasteiger partial charge in [-0.1, -0.05) is 6.07 Å². The van der Waals surface area contributed by atoms with Crippen LogP contribution in [0.25, 0.3) is 6.08 Å². The number of fused-ring (bicyclic) bond motifs is 1. The number of nitrogens with one attached hydrogen (secondary N) is 1. The molecule has 0 saturated heterocycles. The highest BCUT2D eigenvalue weighted by Crippen LogP contribution is 2.31. The third-order valence-electron chi connectivity index (χ3n) is 4.31. The Hall–Kier alpha value is -1.84. The molecule has 0 amide bonds. The van der Waals surface area contributed by atoms with Crippen LogP contribution in [0, 0.1) is 13.8 Å². The summed E-state index contributed by atoms with van der Waals surface area (Å²) in [4.78, 5) is 5.51. The largest absolute Gasteiger partial charge is 0.435 e. The van der Waals surface area contributed by atoms with E-state index in [2.05, 4.69) is 14.4 Å². The molecule has 1 N–H and O–H groups in total. The van der Waals surface area contributed by atoms with E-state index in [9.17, 15) is 17.2 Å². The highest BCUT2D eigenvalue weighted by Gasteiger charge is 2.26. The molecule has 0 aliphatic heterocycles. The van der Waals surface area contributed by atoms with Crippen molar-refractivity contribution in [2.75, 3.05) is 0 Å². The first-order valence-corrected chi connectivity index (χ1v) is 10.7. The zero-order valence-corrected chi connectivity index (χ0v) is 16.8. The van der Waals surface area contributed by atoms with Crippen molar-refractivity contribution < 1.29 is 21.9 Å². The fourth-order valence-electron chi connectivity index (χ4n) is 3.14. The number of allylic oxidation sites excluding steroid dienone is 1. The standard InChI is InChI=1S/C18H20F2N2O3S2/c1-10-17(26-12(3)21-10)11(2)22-27(23,24)16-7-5-13-8-15(25-18(19)20)6-4-14(13)9-16/h4,6,8-9,11,18,22H,5,7H2,1-3H3/t11-/m0/s1. The number of benzene rings is 1. The summed E-state index contributed by atoms with van der Waals surface area (Å²) in [6.07, 6.45) is 2.33. The molecule has 0 fully saturated rings. The molecule has 1 aromatic carbocycles. The minimum atomic E-state index is -3.67. The predicted octanol–water partition coefficient (Wildman–Crippen LogP) is 4.33. The normalized spacial score (nSPS) is 15.4. The first-order chi connectivity index (χ1) is 12.7. The summed E-state index contributed by atoms with van der Waals surface area (Å²) in [5.41, 5.74) is 2.30. The summed E-state index contributed by atoms with van der Waals surface area (Å²) in [5.74, 6) is 0.0752. The van der Waals surface area contributed by atoms with Gasteiger partial charge in [-0.3, -0.25) is 0 Å². The summed E-state index contributed by atoms with van der Waals surface area (Å²) in [6.45, 7) is 2.65. The summed E-state index contributed by atoms with van der Waals surface area (Å²) < 4.78 is 57.4. The number of hydrogen-bond donors (Lipinski definition) is 1. The Balaban J connectivity index is 1.81. The Morgan fingerprint density at radius 1 is 1.26 bits per heavy atom. The third-order valence-corrected chi connectivity index (χ3v) is 7.24. The molecular weight excluding hydrogens is 394 g/mol. The zero-order chi connectivity index (χ0) is 19.8. The average molecular weight is 414 g/mol. The summed E-state index contributed by atoms with van der Waals surface area (Å²) >= 11 is 1.47.